The van der Waals surface area contributed by atoms with Crippen molar-refractivity contribution in [1.29, 1.82) is 0 Å². The molecule has 0 amide bonds. The third-order valence-corrected chi connectivity index (χ3v) is 11.8. The van der Waals surface area contributed by atoms with Crippen molar-refractivity contribution in [2.24, 2.45) is 9.98 Å². The lowest BCUT2D eigenvalue weighted by Crippen LogP contribution is -2.01. The molecule has 2 heterocycles. The molecular weight excluding hydrogens is 687 g/mol. The summed E-state index contributed by atoms with van der Waals surface area (Å²) < 4.78 is 2.36. The number of allylic oxidation sites excluding steroid dienone is 1. The number of para-hydroxylation sites is 2. The SMILES string of the molecule is C=N/C(=C1/Sc2c(cccc2-c2ccc(-n3c4ccccc4c4ccccc43)cc2)C1=NCc1ccccc1)c1ccc2cc(-c3ccccc3)ccc2c1. The first-order valence-corrected chi connectivity index (χ1v) is 19.3. The molecule has 9 aromatic rings. The fourth-order valence-electron chi connectivity index (χ4n) is 7.89. The summed E-state index contributed by atoms with van der Waals surface area (Å²) in [4.78, 5) is 12.2. The van der Waals surface area contributed by atoms with Crippen LogP contribution in [0.2, 0.25) is 0 Å². The molecule has 0 unspecified atom stereocenters. The molecule has 0 saturated heterocycles. The van der Waals surface area contributed by atoms with Gasteiger partial charge in [0.1, 0.15) is 0 Å². The molecule has 1 aromatic heterocycles. The predicted octanol–water partition coefficient (Wildman–Crippen LogP) is 13.4. The zero-order valence-corrected chi connectivity index (χ0v) is 30.9. The molecule has 1 aliphatic heterocycles. The Hall–Kier alpha value is -6.75. The number of thioether (sulfide) groups is 1. The van der Waals surface area contributed by atoms with E-state index in [1.54, 1.807) is 11.8 Å². The molecule has 1 aliphatic rings. The molecule has 4 heteroatoms. The van der Waals surface area contributed by atoms with Gasteiger partial charge in [-0.05, 0) is 81.7 Å². The van der Waals surface area contributed by atoms with Crippen LogP contribution in [0.5, 0.6) is 0 Å². The van der Waals surface area contributed by atoms with Crippen molar-refractivity contribution in [3.05, 3.63) is 210 Å². The lowest BCUT2D eigenvalue weighted by molar-refractivity contribution is 1.07. The summed E-state index contributed by atoms with van der Waals surface area (Å²) >= 11 is 1.75. The first kappa shape index (κ1) is 32.9. The number of rotatable bonds is 7. The summed E-state index contributed by atoms with van der Waals surface area (Å²) in [6.45, 7) is 4.68. The molecule has 0 atom stereocenters. The first-order chi connectivity index (χ1) is 27.2. The van der Waals surface area contributed by atoms with Crippen LogP contribution in [0.4, 0.5) is 0 Å². The molecule has 0 saturated carbocycles. The Morgan fingerprint density at radius 2 is 1.15 bits per heavy atom. The predicted molar refractivity (Wildman–Crippen MR) is 235 cm³/mol. The van der Waals surface area contributed by atoms with E-state index >= 15 is 0 Å². The topological polar surface area (TPSA) is 29.6 Å². The van der Waals surface area contributed by atoms with Gasteiger partial charge in [0.25, 0.3) is 0 Å². The molecular formula is C51H35N3S. The van der Waals surface area contributed by atoms with Gasteiger partial charge in [0, 0.05) is 32.5 Å². The minimum absolute atomic E-state index is 0.571. The van der Waals surface area contributed by atoms with Gasteiger partial charge in [0.2, 0.25) is 0 Å². The summed E-state index contributed by atoms with van der Waals surface area (Å²) in [5, 5.41) is 4.86. The zero-order valence-electron chi connectivity index (χ0n) is 30.1. The van der Waals surface area contributed by atoms with Crippen molar-refractivity contribution in [1.82, 2.24) is 4.57 Å². The third kappa shape index (κ3) is 5.88. The molecule has 0 aliphatic carbocycles. The summed E-state index contributed by atoms with van der Waals surface area (Å²) in [7, 11) is 0. The molecule has 0 radical (unpaired) electrons. The molecule has 8 aromatic carbocycles. The highest BCUT2D eigenvalue weighted by atomic mass is 32.2. The molecule has 0 fully saturated rings. The Labute approximate surface area is 324 Å². The quantitative estimate of drug-likeness (QED) is 0.151. The van der Waals surface area contributed by atoms with Gasteiger partial charge in [0.15, 0.2) is 0 Å². The lowest BCUT2D eigenvalue weighted by Gasteiger charge is -2.11. The van der Waals surface area contributed by atoms with Crippen molar-refractivity contribution in [2.45, 2.75) is 11.4 Å². The van der Waals surface area contributed by atoms with E-state index in [4.69, 9.17) is 9.98 Å². The Kier molecular flexibility index (Phi) is 8.31. The number of nitrogens with zero attached hydrogens (tertiary/aromatic N) is 3. The smallest absolute Gasteiger partial charge is 0.0856 e. The van der Waals surface area contributed by atoms with Gasteiger partial charge in [-0.15, -0.1) is 0 Å². The number of benzene rings is 8. The Bertz CT molecular complexity index is 2920. The summed E-state index contributed by atoms with van der Waals surface area (Å²) in [5.41, 5.74) is 13.4. The third-order valence-electron chi connectivity index (χ3n) is 10.6. The standard InChI is InChI=1S/C51H35N3S/c1-52-48(40-26-25-38-31-37(23-24-39(38)32-40)35-15-6-3-7-16-35)51-49(53-33-34-13-4-2-5-14-34)45-20-12-19-42(50(45)55-51)36-27-29-41(30-28-36)54-46-21-10-8-17-43(46)44-18-9-11-22-47(44)54/h2-32H,1,33H2/b51-48+,53-49?. The molecule has 0 N–H and O–H groups in total. The maximum absolute atomic E-state index is 5.31. The van der Waals surface area contributed by atoms with E-state index in [1.807, 2.05) is 6.07 Å². The van der Waals surface area contributed by atoms with Crippen molar-refractivity contribution in [3.8, 4) is 27.9 Å². The minimum Gasteiger partial charge on any atom is -0.309 e. The molecule has 0 spiro atoms. The van der Waals surface area contributed by atoms with Gasteiger partial charge in [-0.3, -0.25) is 9.98 Å². The van der Waals surface area contributed by atoms with E-state index in [2.05, 4.69) is 193 Å². The van der Waals surface area contributed by atoms with Crippen LogP contribution >= 0.6 is 11.8 Å². The van der Waals surface area contributed by atoms with Gasteiger partial charge in [-0.2, -0.15) is 0 Å². The summed E-state index contributed by atoms with van der Waals surface area (Å²) in [6.07, 6.45) is 0. The Morgan fingerprint density at radius 1 is 0.527 bits per heavy atom. The number of aliphatic imine (C=N–C) groups is 2. The largest absolute Gasteiger partial charge is 0.309 e. The van der Waals surface area contributed by atoms with E-state index in [0.717, 1.165) is 49.6 Å². The van der Waals surface area contributed by atoms with Crippen molar-refractivity contribution in [2.75, 3.05) is 0 Å². The summed E-state index contributed by atoms with van der Waals surface area (Å²) in [5.74, 6) is 0. The van der Waals surface area contributed by atoms with E-state index in [1.165, 1.54) is 48.8 Å². The molecule has 0 bridgehead atoms. The normalized spacial score (nSPS) is 14.1. The van der Waals surface area contributed by atoms with Crippen LogP contribution in [-0.2, 0) is 6.54 Å². The van der Waals surface area contributed by atoms with Gasteiger partial charge >= 0.3 is 0 Å². The fraction of sp³-hybridized carbons (Fsp3) is 0.0196. The minimum atomic E-state index is 0.571. The van der Waals surface area contributed by atoms with Gasteiger partial charge in [-0.25, -0.2) is 0 Å². The monoisotopic (exact) mass is 721 g/mol. The molecule has 260 valence electrons. The number of hydrogen-bond donors (Lipinski definition) is 0. The second-order valence-electron chi connectivity index (χ2n) is 13.8. The molecule has 3 nitrogen and oxygen atoms in total. The van der Waals surface area contributed by atoms with E-state index in [9.17, 15) is 0 Å². The fourth-order valence-corrected chi connectivity index (χ4v) is 9.22. The zero-order chi connectivity index (χ0) is 36.7. The maximum Gasteiger partial charge on any atom is 0.0856 e. The number of aromatic nitrogens is 1. The second-order valence-corrected chi connectivity index (χ2v) is 14.9. The van der Waals surface area contributed by atoms with Crippen LogP contribution in [0.3, 0.4) is 0 Å². The Balaban J connectivity index is 1.07. The highest BCUT2D eigenvalue weighted by Gasteiger charge is 2.30. The van der Waals surface area contributed by atoms with Crippen molar-refractivity contribution >= 4 is 62.5 Å². The molecule has 55 heavy (non-hydrogen) atoms. The van der Waals surface area contributed by atoms with Crippen LogP contribution in [0.1, 0.15) is 16.7 Å². The van der Waals surface area contributed by atoms with Crippen LogP contribution in [0.15, 0.2) is 208 Å². The lowest BCUT2D eigenvalue weighted by atomic mass is 9.97. The van der Waals surface area contributed by atoms with Gasteiger partial charge < -0.3 is 4.57 Å². The number of fused-ring (bicyclic) bond motifs is 5. The molecule has 10 rings (SSSR count). The average Bonchev–Trinajstić information content (AvgIpc) is 3.79. The van der Waals surface area contributed by atoms with Gasteiger partial charge in [0.05, 0.1) is 33.9 Å². The van der Waals surface area contributed by atoms with Crippen LogP contribution in [0, 0.1) is 0 Å². The van der Waals surface area contributed by atoms with E-state index in [0.29, 0.717) is 6.54 Å². The second kappa shape index (κ2) is 13.9. The Morgan fingerprint density at radius 3 is 1.87 bits per heavy atom. The highest BCUT2D eigenvalue weighted by molar-refractivity contribution is 8.05. The first-order valence-electron chi connectivity index (χ1n) is 18.5. The summed E-state index contributed by atoms with van der Waals surface area (Å²) in [6, 6.07) is 67.1. The highest BCUT2D eigenvalue weighted by Crippen LogP contribution is 2.49. The maximum atomic E-state index is 5.31. The van der Waals surface area contributed by atoms with Crippen LogP contribution in [-0.4, -0.2) is 17.0 Å². The number of hydrogen-bond acceptors (Lipinski definition) is 3. The average molecular weight is 722 g/mol. The van der Waals surface area contributed by atoms with Gasteiger partial charge in [-0.1, -0.05) is 163 Å². The van der Waals surface area contributed by atoms with E-state index in [-0.39, 0.29) is 0 Å². The van der Waals surface area contributed by atoms with E-state index < -0.39 is 0 Å². The van der Waals surface area contributed by atoms with Crippen LogP contribution in [0.25, 0.3) is 66.2 Å². The van der Waals surface area contributed by atoms with Crippen LogP contribution < -0.4 is 0 Å². The van der Waals surface area contributed by atoms with Crippen molar-refractivity contribution in [3.63, 3.8) is 0 Å². The van der Waals surface area contributed by atoms with Crippen molar-refractivity contribution < 1.29 is 0 Å².